The van der Waals surface area contributed by atoms with Gasteiger partial charge in [-0.2, -0.15) is 13.2 Å². The van der Waals surface area contributed by atoms with Gasteiger partial charge in [0.25, 0.3) is 10.0 Å². The van der Waals surface area contributed by atoms with E-state index in [-0.39, 0.29) is 35.5 Å². The Morgan fingerprint density at radius 3 is 2.23 bits per heavy atom. The van der Waals surface area contributed by atoms with Crippen molar-refractivity contribution >= 4 is 39.1 Å². The molecule has 1 aliphatic rings. The minimum absolute atomic E-state index is 0.0194. The minimum Gasteiger partial charge on any atom is -0.352 e. The molecule has 230 valence electrons. The van der Waals surface area contributed by atoms with E-state index in [0.29, 0.717) is 21.0 Å². The maximum Gasteiger partial charge on any atom is 0.416 e. The molecular weight excluding hydrogens is 603 g/mol. The SMILES string of the molecule is CC[C@H](C(=O)NC1CCCC1)N(Cc1ccc(Cl)cc1)C(=O)CN(c1cccc(C(F)(F)F)c1)S(=O)(=O)c1ccccc1. The lowest BCUT2D eigenvalue weighted by Gasteiger charge is -2.34. The Kier molecular flexibility index (Phi) is 10.4. The zero-order valence-corrected chi connectivity index (χ0v) is 25.1. The molecule has 1 saturated carbocycles. The molecule has 0 unspecified atom stereocenters. The van der Waals surface area contributed by atoms with Gasteiger partial charge in [0, 0.05) is 17.6 Å². The standard InChI is InChI=1S/C31H33ClF3N3O4S/c1-2-28(30(40)36-25-10-6-7-11-25)37(20-22-15-17-24(32)18-16-22)29(39)21-38(43(41,42)27-13-4-3-5-14-27)26-12-8-9-23(19-26)31(33,34)35/h3-5,8-9,12-19,25,28H,2,6-7,10-11,20-21H2,1H3,(H,36,40)/t28-/m1/s1. The number of alkyl halides is 3. The minimum atomic E-state index is -4.74. The van der Waals surface area contributed by atoms with Crippen LogP contribution in [0.1, 0.15) is 50.2 Å². The maximum atomic E-state index is 14.1. The van der Waals surface area contributed by atoms with Gasteiger partial charge in [-0.15, -0.1) is 0 Å². The Morgan fingerprint density at radius 2 is 1.63 bits per heavy atom. The normalized spacial score (nSPS) is 14.7. The van der Waals surface area contributed by atoms with Gasteiger partial charge in [-0.25, -0.2) is 8.42 Å². The van der Waals surface area contributed by atoms with E-state index >= 15 is 0 Å². The summed E-state index contributed by atoms with van der Waals surface area (Å²) in [6.07, 6.45) is -0.893. The van der Waals surface area contributed by atoms with Crippen LogP contribution < -0.4 is 9.62 Å². The third-order valence-corrected chi connectivity index (χ3v) is 9.47. The average Bonchev–Trinajstić information content (AvgIpc) is 3.49. The Morgan fingerprint density at radius 1 is 0.977 bits per heavy atom. The summed E-state index contributed by atoms with van der Waals surface area (Å²) in [5, 5.41) is 3.48. The van der Waals surface area contributed by atoms with Crippen LogP contribution in [-0.4, -0.2) is 43.8 Å². The van der Waals surface area contributed by atoms with Gasteiger partial charge in [-0.3, -0.25) is 13.9 Å². The van der Waals surface area contributed by atoms with Crippen molar-refractivity contribution in [2.45, 2.75) is 68.7 Å². The summed E-state index contributed by atoms with van der Waals surface area (Å²) in [6.45, 7) is 0.861. The summed E-state index contributed by atoms with van der Waals surface area (Å²) in [4.78, 5) is 28.6. The summed E-state index contributed by atoms with van der Waals surface area (Å²) >= 11 is 6.04. The Bertz CT molecular complexity index is 1510. The zero-order chi connectivity index (χ0) is 31.2. The van der Waals surface area contributed by atoms with E-state index in [4.69, 9.17) is 11.6 Å². The van der Waals surface area contributed by atoms with E-state index in [1.165, 1.54) is 35.2 Å². The fourth-order valence-corrected chi connectivity index (χ4v) is 6.71. The number of nitrogens with zero attached hydrogens (tertiary/aromatic N) is 2. The van der Waals surface area contributed by atoms with Crippen LogP contribution in [0.2, 0.25) is 5.02 Å². The first kappa shape index (κ1) is 32.3. The number of sulfonamides is 1. The van der Waals surface area contributed by atoms with Crippen molar-refractivity contribution in [3.05, 3.63) is 95.0 Å². The molecule has 1 N–H and O–H groups in total. The molecule has 4 rings (SSSR count). The first-order valence-electron chi connectivity index (χ1n) is 14.0. The lowest BCUT2D eigenvalue weighted by atomic mass is 10.1. The van der Waals surface area contributed by atoms with Crippen molar-refractivity contribution in [1.82, 2.24) is 10.2 Å². The first-order valence-corrected chi connectivity index (χ1v) is 15.8. The molecule has 0 aliphatic heterocycles. The van der Waals surface area contributed by atoms with Crippen molar-refractivity contribution in [3.63, 3.8) is 0 Å². The van der Waals surface area contributed by atoms with E-state index in [9.17, 15) is 31.2 Å². The molecule has 0 spiro atoms. The molecule has 3 aromatic carbocycles. The summed E-state index contributed by atoms with van der Waals surface area (Å²) in [5.41, 5.74) is -0.755. The number of rotatable bonds is 11. The second-order valence-corrected chi connectivity index (χ2v) is 12.7. The maximum absolute atomic E-state index is 14.1. The summed E-state index contributed by atoms with van der Waals surface area (Å²) in [5.74, 6) is -1.12. The van der Waals surface area contributed by atoms with E-state index in [1.807, 2.05) is 0 Å². The van der Waals surface area contributed by atoms with E-state index in [2.05, 4.69) is 5.32 Å². The van der Waals surface area contributed by atoms with E-state index < -0.39 is 40.3 Å². The molecule has 0 radical (unpaired) electrons. The number of carbonyl (C=O) groups is 2. The van der Waals surface area contributed by atoms with Crippen LogP contribution in [0.4, 0.5) is 18.9 Å². The molecule has 43 heavy (non-hydrogen) atoms. The molecule has 7 nitrogen and oxygen atoms in total. The predicted octanol–water partition coefficient (Wildman–Crippen LogP) is 6.42. The number of hydrogen-bond acceptors (Lipinski definition) is 4. The van der Waals surface area contributed by atoms with Crippen LogP contribution in [0.3, 0.4) is 0 Å². The second kappa shape index (κ2) is 13.8. The fraction of sp³-hybridized carbons (Fsp3) is 0.355. The third-order valence-electron chi connectivity index (χ3n) is 7.43. The van der Waals surface area contributed by atoms with Gasteiger partial charge < -0.3 is 10.2 Å². The lowest BCUT2D eigenvalue weighted by Crippen LogP contribution is -2.53. The first-order chi connectivity index (χ1) is 20.4. The second-order valence-electron chi connectivity index (χ2n) is 10.4. The zero-order valence-electron chi connectivity index (χ0n) is 23.6. The van der Waals surface area contributed by atoms with Crippen LogP contribution in [0.15, 0.2) is 83.8 Å². The van der Waals surface area contributed by atoms with Gasteiger partial charge in [0.05, 0.1) is 16.1 Å². The van der Waals surface area contributed by atoms with Crippen molar-refractivity contribution in [2.75, 3.05) is 10.8 Å². The average molecular weight is 636 g/mol. The number of benzene rings is 3. The Labute approximate surface area is 254 Å². The molecule has 2 amide bonds. The van der Waals surface area contributed by atoms with Crippen molar-refractivity contribution in [2.24, 2.45) is 0 Å². The van der Waals surface area contributed by atoms with Gasteiger partial charge in [0.1, 0.15) is 12.6 Å². The van der Waals surface area contributed by atoms with Crippen LogP contribution >= 0.6 is 11.6 Å². The molecule has 1 aliphatic carbocycles. The number of hydrogen-bond donors (Lipinski definition) is 1. The topological polar surface area (TPSA) is 86.8 Å². The third kappa shape index (κ3) is 8.08. The quantitative estimate of drug-likeness (QED) is 0.263. The number of anilines is 1. The van der Waals surface area contributed by atoms with Crippen LogP contribution in [0.25, 0.3) is 0 Å². The van der Waals surface area contributed by atoms with Crippen molar-refractivity contribution in [1.29, 1.82) is 0 Å². The highest BCUT2D eigenvalue weighted by Gasteiger charge is 2.36. The van der Waals surface area contributed by atoms with E-state index in [1.54, 1.807) is 37.3 Å². The highest BCUT2D eigenvalue weighted by molar-refractivity contribution is 7.92. The summed E-state index contributed by atoms with van der Waals surface area (Å²) < 4.78 is 69.2. The van der Waals surface area contributed by atoms with Gasteiger partial charge in [0.15, 0.2) is 0 Å². The smallest absolute Gasteiger partial charge is 0.352 e. The van der Waals surface area contributed by atoms with Crippen LogP contribution in [0, 0.1) is 0 Å². The lowest BCUT2D eigenvalue weighted by molar-refractivity contribution is -0.140. The highest BCUT2D eigenvalue weighted by atomic mass is 35.5. The molecule has 1 fully saturated rings. The van der Waals surface area contributed by atoms with Gasteiger partial charge in [0.2, 0.25) is 11.8 Å². The summed E-state index contributed by atoms with van der Waals surface area (Å²) in [7, 11) is -4.49. The van der Waals surface area contributed by atoms with Crippen molar-refractivity contribution in [3.8, 4) is 0 Å². The molecule has 1 atom stereocenters. The number of amides is 2. The van der Waals surface area contributed by atoms with Gasteiger partial charge in [-0.05, 0) is 67.3 Å². The van der Waals surface area contributed by atoms with Crippen LogP contribution in [0.5, 0.6) is 0 Å². The molecule has 3 aromatic rings. The summed E-state index contributed by atoms with van der Waals surface area (Å²) in [6, 6.07) is 16.6. The molecule has 0 aromatic heterocycles. The molecular formula is C31H33ClF3N3O4S. The number of carbonyl (C=O) groups excluding carboxylic acids is 2. The van der Waals surface area contributed by atoms with Crippen molar-refractivity contribution < 1.29 is 31.2 Å². The Balaban J connectivity index is 1.74. The molecule has 0 saturated heterocycles. The molecule has 0 heterocycles. The fourth-order valence-electron chi connectivity index (χ4n) is 5.16. The van der Waals surface area contributed by atoms with Gasteiger partial charge in [-0.1, -0.05) is 67.8 Å². The molecule has 0 bridgehead atoms. The largest absolute Gasteiger partial charge is 0.416 e. The number of nitrogens with one attached hydrogen (secondary N) is 1. The monoisotopic (exact) mass is 635 g/mol. The highest BCUT2D eigenvalue weighted by Crippen LogP contribution is 2.33. The van der Waals surface area contributed by atoms with E-state index in [0.717, 1.165) is 37.8 Å². The predicted molar refractivity (Wildman–Crippen MR) is 159 cm³/mol. The number of halogens is 4. The van der Waals surface area contributed by atoms with Gasteiger partial charge >= 0.3 is 6.18 Å². The molecule has 12 heteroatoms. The van der Waals surface area contributed by atoms with Crippen LogP contribution in [-0.2, 0) is 32.3 Å². The Hall–Kier alpha value is -3.57.